The lowest BCUT2D eigenvalue weighted by molar-refractivity contribution is -0.137. The first kappa shape index (κ1) is 10.3. The molecule has 1 aromatic rings. The van der Waals surface area contributed by atoms with Gasteiger partial charge in [0.05, 0.1) is 0 Å². The third-order valence-corrected chi connectivity index (χ3v) is 1.69. The van der Waals surface area contributed by atoms with Crippen LogP contribution in [0.4, 0.5) is 0 Å². The standard InChI is InChI=1S/C9H10O5/c10-8(11)3-1-2-6-4-5-7(14-6)9(12)13/h4-5H,1-3H2,(H,10,11)(H,12,13). The number of hydrogen-bond donors (Lipinski definition) is 2. The number of carboxylic acids is 2. The molecular formula is C9H10O5. The van der Waals surface area contributed by atoms with Gasteiger partial charge in [0.2, 0.25) is 5.76 Å². The van der Waals surface area contributed by atoms with Gasteiger partial charge < -0.3 is 14.6 Å². The summed E-state index contributed by atoms with van der Waals surface area (Å²) in [5.74, 6) is -1.59. The molecule has 0 unspecified atom stereocenters. The van der Waals surface area contributed by atoms with E-state index < -0.39 is 11.9 Å². The van der Waals surface area contributed by atoms with Crippen LogP contribution in [0.3, 0.4) is 0 Å². The largest absolute Gasteiger partial charge is 0.481 e. The van der Waals surface area contributed by atoms with Crippen molar-refractivity contribution in [2.24, 2.45) is 0 Å². The monoisotopic (exact) mass is 198 g/mol. The zero-order chi connectivity index (χ0) is 10.6. The highest BCUT2D eigenvalue weighted by Crippen LogP contribution is 2.10. The first-order valence-corrected chi connectivity index (χ1v) is 4.13. The molecule has 5 nitrogen and oxygen atoms in total. The second-order valence-electron chi connectivity index (χ2n) is 2.82. The van der Waals surface area contributed by atoms with E-state index in [2.05, 4.69) is 0 Å². The maximum atomic E-state index is 10.4. The molecule has 0 bridgehead atoms. The van der Waals surface area contributed by atoms with E-state index in [1.807, 2.05) is 0 Å². The summed E-state index contributed by atoms with van der Waals surface area (Å²) in [7, 11) is 0. The lowest BCUT2D eigenvalue weighted by Crippen LogP contribution is -1.95. The highest BCUT2D eigenvalue weighted by Gasteiger charge is 2.08. The molecule has 5 heteroatoms. The molecule has 0 aliphatic heterocycles. The zero-order valence-corrected chi connectivity index (χ0v) is 7.40. The Morgan fingerprint density at radius 1 is 1.29 bits per heavy atom. The molecule has 0 aliphatic rings. The number of carbonyl (C=O) groups is 2. The quantitative estimate of drug-likeness (QED) is 0.746. The van der Waals surface area contributed by atoms with Gasteiger partial charge in [-0.25, -0.2) is 4.79 Å². The van der Waals surface area contributed by atoms with Gasteiger partial charge in [0.1, 0.15) is 5.76 Å². The summed E-state index contributed by atoms with van der Waals surface area (Å²) in [6, 6.07) is 2.91. The Morgan fingerprint density at radius 2 is 2.00 bits per heavy atom. The van der Waals surface area contributed by atoms with Crippen molar-refractivity contribution in [2.75, 3.05) is 0 Å². The van der Waals surface area contributed by atoms with Crippen LogP contribution in [0.1, 0.15) is 29.2 Å². The fraction of sp³-hybridized carbons (Fsp3) is 0.333. The molecule has 1 heterocycles. The molecule has 2 N–H and O–H groups in total. The van der Waals surface area contributed by atoms with Crippen LogP contribution in [0.5, 0.6) is 0 Å². The van der Waals surface area contributed by atoms with Crippen molar-refractivity contribution in [1.29, 1.82) is 0 Å². The number of hydrogen-bond acceptors (Lipinski definition) is 3. The predicted molar refractivity (Wildman–Crippen MR) is 46.2 cm³/mol. The van der Waals surface area contributed by atoms with Crippen LogP contribution in [0.25, 0.3) is 0 Å². The average Bonchev–Trinajstić information content (AvgIpc) is 2.52. The second-order valence-corrected chi connectivity index (χ2v) is 2.82. The van der Waals surface area contributed by atoms with E-state index in [0.29, 0.717) is 18.6 Å². The van der Waals surface area contributed by atoms with Gasteiger partial charge in [0.25, 0.3) is 0 Å². The summed E-state index contributed by atoms with van der Waals surface area (Å²) >= 11 is 0. The molecule has 0 radical (unpaired) electrons. The molecule has 0 saturated heterocycles. The van der Waals surface area contributed by atoms with E-state index in [4.69, 9.17) is 14.6 Å². The van der Waals surface area contributed by atoms with Crippen molar-refractivity contribution in [1.82, 2.24) is 0 Å². The summed E-state index contributed by atoms with van der Waals surface area (Å²) in [5.41, 5.74) is 0. The average molecular weight is 198 g/mol. The third kappa shape index (κ3) is 2.93. The predicted octanol–water partition coefficient (Wildman–Crippen LogP) is 1.39. The molecule has 1 rings (SSSR count). The first-order valence-electron chi connectivity index (χ1n) is 4.13. The maximum absolute atomic E-state index is 10.4. The number of aliphatic carboxylic acids is 1. The van der Waals surface area contributed by atoms with E-state index in [1.54, 1.807) is 6.07 Å². The number of aromatic carboxylic acids is 1. The Bertz CT molecular complexity index is 339. The van der Waals surface area contributed by atoms with Crippen molar-refractivity contribution in [3.8, 4) is 0 Å². The summed E-state index contributed by atoms with van der Waals surface area (Å²) < 4.78 is 4.93. The molecule has 1 aromatic heterocycles. The van der Waals surface area contributed by atoms with Crippen molar-refractivity contribution in [3.05, 3.63) is 23.7 Å². The summed E-state index contributed by atoms with van der Waals surface area (Å²) in [5, 5.41) is 16.9. The fourth-order valence-corrected chi connectivity index (χ4v) is 1.04. The normalized spacial score (nSPS) is 10.0. The van der Waals surface area contributed by atoms with Crippen LogP contribution in [-0.4, -0.2) is 22.2 Å². The van der Waals surface area contributed by atoms with Gasteiger partial charge in [-0.3, -0.25) is 4.79 Å². The second kappa shape index (κ2) is 4.45. The number of rotatable bonds is 5. The third-order valence-electron chi connectivity index (χ3n) is 1.69. The van der Waals surface area contributed by atoms with Crippen LogP contribution < -0.4 is 0 Å². The van der Waals surface area contributed by atoms with E-state index in [9.17, 15) is 9.59 Å². The Hall–Kier alpha value is -1.78. The van der Waals surface area contributed by atoms with Crippen molar-refractivity contribution >= 4 is 11.9 Å². The highest BCUT2D eigenvalue weighted by atomic mass is 16.4. The van der Waals surface area contributed by atoms with Crippen LogP contribution in [0.15, 0.2) is 16.5 Å². The van der Waals surface area contributed by atoms with E-state index in [-0.39, 0.29) is 12.2 Å². The lowest BCUT2D eigenvalue weighted by Gasteiger charge is -1.93. The SMILES string of the molecule is O=C(O)CCCc1ccc(C(=O)O)o1. The van der Waals surface area contributed by atoms with E-state index >= 15 is 0 Å². The smallest absolute Gasteiger partial charge is 0.371 e. The van der Waals surface area contributed by atoms with Crippen molar-refractivity contribution in [2.45, 2.75) is 19.3 Å². The minimum absolute atomic E-state index is 0.0586. The zero-order valence-electron chi connectivity index (χ0n) is 7.40. The Labute approximate surface area is 80.0 Å². The first-order chi connectivity index (χ1) is 6.59. The molecular weight excluding hydrogens is 188 g/mol. The van der Waals surface area contributed by atoms with E-state index in [0.717, 1.165) is 0 Å². The van der Waals surface area contributed by atoms with Crippen LogP contribution in [0.2, 0.25) is 0 Å². The van der Waals surface area contributed by atoms with Gasteiger partial charge in [-0.2, -0.15) is 0 Å². The molecule has 0 atom stereocenters. The molecule has 0 spiro atoms. The Balaban J connectivity index is 2.44. The number of furan rings is 1. The molecule has 0 amide bonds. The minimum Gasteiger partial charge on any atom is -0.481 e. The molecule has 0 aliphatic carbocycles. The van der Waals surface area contributed by atoms with Crippen LogP contribution >= 0.6 is 0 Å². The molecule has 76 valence electrons. The summed E-state index contributed by atoms with van der Waals surface area (Å²) in [6.45, 7) is 0. The molecule has 14 heavy (non-hydrogen) atoms. The minimum atomic E-state index is -1.12. The summed E-state index contributed by atoms with van der Waals surface area (Å²) in [4.78, 5) is 20.6. The van der Waals surface area contributed by atoms with E-state index in [1.165, 1.54) is 6.07 Å². The van der Waals surface area contributed by atoms with Gasteiger partial charge in [0.15, 0.2) is 0 Å². The van der Waals surface area contributed by atoms with Gasteiger partial charge in [-0.05, 0) is 18.6 Å². The highest BCUT2D eigenvalue weighted by molar-refractivity contribution is 5.84. The van der Waals surface area contributed by atoms with Gasteiger partial charge in [-0.15, -0.1) is 0 Å². The fourth-order valence-electron chi connectivity index (χ4n) is 1.04. The Kier molecular flexibility index (Phi) is 3.28. The molecule has 0 saturated carbocycles. The van der Waals surface area contributed by atoms with Gasteiger partial charge in [-0.1, -0.05) is 0 Å². The van der Waals surface area contributed by atoms with Crippen LogP contribution in [0, 0.1) is 0 Å². The van der Waals surface area contributed by atoms with Gasteiger partial charge in [0, 0.05) is 12.8 Å². The van der Waals surface area contributed by atoms with Crippen LogP contribution in [-0.2, 0) is 11.2 Å². The number of carboxylic acid groups (broad SMARTS) is 2. The maximum Gasteiger partial charge on any atom is 0.371 e. The molecule has 0 fully saturated rings. The van der Waals surface area contributed by atoms with Crippen molar-refractivity contribution in [3.63, 3.8) is 0 Å². The topological polar surface area (TPSA) is 87.7 Å². The van der Waals surface area contributed by atoms with Gasteiger partial charge >= 0.3 is 11.9 Å². The lowest BCUT2D eigenvalue weighted by atomic mass is 10.2. The summed E-state index contributed by atoms with van der Waals surface area (Å²) in [6.07, 6.45) is 0.949. The Morgan fingerprint density at radius 3 is 2.50 bits per heavy atom. The molecule has 0 aromatic carbocycles. The van der Waals surface area contributed by atoms with Crippen molar-refractivity contribution < 1.29 is 24.2 Å². The number of aryl methyl sites for hydroxylation is 1.